The highest BCUT2D eigenvalue weighted by atomic mass is 19.3. The zero-order chi connectivity index (χ0) is 25.3. The van der Waals surface area contributed by atoms with Gasteiger partial charge in [0, 0.05) is 29.4 Å². The molecular weight excluding hydrogens is 450 g/mol. The molecule has 35 heavy (non-hydrogen) atoms. The number of aromatic nitrogens is 1. The summed E-state index contributed by atoms with van der Waals surface area (Å²) >= 11 is 0. The third-order valence-corrected chi connectivity index (χ3v) is 6.12. The van der Waals surface area contributed by atoms with Crippen molar-refractivity contribution in [2.45, 2.75) is 40.0 Å². The molecule has 8 heteroatoms. The Bertz CT molecular complexity index is 1340. The van der Waals surface area contributed by atoms with E-state index in [0.717, 1.165) is 22.4 Å². The molecule has 0 radical (unpaired) electrons. The zero-order valence-corrected chi connectivity index (χ0v) is 20.0. The Morgan fingerprint density at radius 1 is 1.06 bits per heavy atom. The second-order valence-electron chi connectivity index (χ2n) is 8.62. The third-order valence-electron chi connectivity index (χ3n) is 6.12. The standard InChI is InChI=1S/C27H26F2N4O2/c1-5-27(28,29)19-9-6-10-20(14-19)31-25(34)23-18(4)32-33(26(23)35)21-12-11-16(2)22(15-21)24-17(3)8-7-13-30-24/h6-15,23H,5H2,1-4H3,(H,31,34). The van der Waals surface area contributed by atoms with Crippen LogP contribution in [0.15, 0.2) is 65.9 Å². The lowest BCUT2D eigenvalue weighted by Crippen LogP contribution is -2.36. The van der Waals surface area contributed by atoms with Crippen molar-refractivity contribution >= 4 is 28.9 Å². The minimum absolute atomic E-state index is 0.195. The van der Waals surface area contributed by atoms with E-state index in [2.05, 4.69) is 15.4 Å². The van der Waals surface area contributed by atoms with Crippen LogP contribution < -0.4 is 10.3 Å². The van der Waals surface area contributed by atoms with Crippen LogP contribution in [0.5, 0.6) is 0 Å². The van der Waals surface area contributed by atoms with Crippen LogP contribution in [0.2, 0.25) is 0 Å². The van der Waals surface area contributed by atoms with Crippen LogP contribution in [-0.4, -0.2) is 22.5 Å². The molecule has 2 heterocycles. The summed E-state index contributed by atoms with van der Waals surface area (Å²) in [6.07, 6.45) is 1.35. The van der Waals surface area contributed by atoms with Crippen molar-refractivity contribution in [1.29, 1.82) is 0 Å². The van der Waals surface area contributed by atoms with Gasteiger partial charge in [-0.25, -0.2) is 8.78 Å². The second kappa shape index (κ2) is 9.37. The SMILES string of the molecule is CCC(F)(F)c1cccc(NC(=O)C2C(=O)N(c3ccc(C)c(-c4ncccc4C)c3)N=C2C)c1. The van der Waals surface area contributed by atoms with E-state index in [4.69, 9.17) is 0 Å². The summed E-state index contributed by atoms with van der Waals surface area (Å²) in [5, 5.41) is 8.15. The molecular formula is C27H26F2N4O2. The van der Waals surface area contributed by atoms with Crippen LogP contribution in [0.1, 0.15) is 37.0 Å². The Kier molecular flexibility index (Phi) is 6.47. The Labute approximate surface area is 202 Å². The van der Waals surface area contributed by atoms with Gasteiger partial charge in [-0.2, -0.15) is 10.1 Å². The number of hydrazone groups is 1. The first-order valence-electron chi connectivity index (χ1n) is 11.3. The molecule has 0 bridgehead atoms. The molecule has 6 nitrogen and oxygen atoms in total. The molecule has 1 aromatic heterocycles. The first-order chi connectivity index (χ1) is 16.6. The lowest BCUT2D eigenvalue weighted by molar-refractivity contribution is -0.127. The fourth-order valence-electron chi connectivity index (χ4n) is 4.06. The van der Waals surface area contributed by atoms with Crippen molar-refractivity contribution in [2.24, 2.45) is 11.0 Å². The van der Waals surface area contributed by atoms with Crippen molar-refractivity contribution in [2.75, 3.05) is 10.3 Å². The molecule has 1 N–H and O–H groups in total. The Hall–Kier alpha value is -3.94. The molecule has 1 atom stereocenters. The van der Waals surface area contributed by atoms with Crippen molar-refractivity contribution in [3.63, 3.8) is 0 Å². The average Bonchev–Trinajstić information content (AvgIpc) is 3.14. The fourth-order valence-corrected chi connectivity index (χ4v) is 4.06. The van der Waals surface area contributed by atoms with E-state index in [1.165, 1.54) is 36.2 Å². The maximum atomic E-state index is 14.1. The number of carbonyl (C=O) groups is 2. The van der Waals surface area contributed by atoms with Gasteiger partial charge in [0.25, 0.3) is 11.8 Å². The number of nitrogens with one attached hydrogen (secondary N) is 1. The Morgan fingerprint density at radius 2 is 1.83 bits per heavy atom. The van der Waals surface area contributed by atoms with Crippen molar-refractivity contribution in [3.05, 3.63) is 77.5 Å². The predicted molar refractivity (Wildman–Crippen MR) is 132 cm³/mol. The number of hydrogen-bond acceptors (Lipinski definition) is 4. The van der Waals surface area contributed by atoms with Crippen LogP contribution >= 0.6 is 0 Å². The van der Waals surface area contributed by atoms with Crippen LogP contribution in [0.25, 0.3) is 11.3 Å². The Morgan fingerprint density at radius 3 is 2.54 bits per heavy atom. The van der Waals surface area contributed by atoms with Crippen LogP contribution in [-0.2, 0) is 15.5 Å². The molecule has 0 aliphatic carbocycles. The van der Waals surface area contributed by atoms with Crippen molar-refractivity contribution in [3.8, 4) is 11.3 Å². The quantitative estimate of drug-likeness (QED) is 0.454. The monoisotopic (exact) mass is 476 g/mol. The van der Waals surface area contributed by atoms with Gasteiger partial charge in [0.05, 0.1) is 17.1 Å². The fraction of sp³-hybridized carbons (Fsp3) is 0.259. The van der Waals surface area contributed by atoms with E-state index in [-0.39, 0.29) is 17.7 Å². The molecule has 3 aromatic rings. The number of amides is 2. The zero-order valence-electron chi connectivity index (χ0n) is 20.0. The number of carbonyl (C=O) groups excluding carboxylic acids is 2. The molecule has 0 saturated carbocycles. The highest BCUT2D eigenvalue weighted by Gasteiger charge is 2.40. The molecule has 0 spiro atoms. The van der Waals surface area contributed by atoms with E-state index < -0.39 is 23.7 Å². The van der Waals surface area contributed by atoms with Gasteiger partial charge in [-0.1, -0.05) is 31.2 Å². The minimum Gasteiger partial charge on any atom is -0.325 e. The Balaban J connectivity index is 1.58. The van der Waals surface area contributed by atoms with Crippen molar-refractivity contribution in [1.82, 2.24) is 4.98 Å². The number of hydrogen-bond donors (Lipinski definition) is 1. The van der Waals surface area contributed by atoms with E-state index in [9.17, 15) is 18.4 Å². The molecule has 2 amide bonds. The molecule has 2 aromatic carbocycles. The highest BCUT2D eigenvalue weighted by Crippen LogP contribution is 2.34. The third kappa shape index (κ3) is 4.69. The summed E-state index contributed by atoms with van der Waals surface area (Å²) in [6, 6.07) is 14.8. The maximum Gasteiger partial charge on any atom is 0.273 e. The normalized spacial score (nSPS) is 15.8. The summed E-state index contributed by atoms with van der Waals surface area (Å²) in [7, 11) is 0. The number of alkyl halides is 2. The van der Waals surface area contributed by atoms with E-state index in [1.807, 2.05) is 38.1 Å². The van der Waals surface area contributed by atoms with Crippen LogP contribution in [0.4, 0.5) is 20.2 Å². The van der Waals surface area contributed by atoms with Gasteiger partial charge in [-0.3, -0.25) is 14.6 Å². The van der Waals surface area contributed by atoms with E-state index in [0.29, 0.717) is 11.4 Å². The molecule has 180 valence electrons. The molecule has 4 rings (SSSR count). The predicted octanol–water partition coefficient (Wildman–Crippen LogP) is 5.84. The van der Waals surface area contributed by atoms with Gasteiger partial charge in [0.2, 0.25) is 5.91 Å². The van der Waals surface area contributed by atoms with Gasteiger partial charge >= 0.3 is 0 Å². The van der Waals surface area contributed by atoms with Gasteiger partial charge < -0.3 is 5.32 Å². The first-order valence-corrected chi connectivity index (χ1v) is 11.3. The minimum atomic E-state index is -3.01. The number of anilines is 2. The van der Waals surface area contributed by atoms with Gasteiger partial charge in [-0.15, -0.1) is 0 Å². The largest absolute Gasteiger partial charge is 0.325 e. The maximum absolute atomic E-state index is 14.1. The molecule has 1 unspecified atom stereocenters. The number of rotatable bonds is 6. The summed E-state index contributed by atoms with van der Waals surface area (Å²) in [5.74, 6) is -5.30. The number of aryl methyl sites for hydroxylation is 2. The van der Waals surface area contributed by atoms with E-state index >= 15 is 0 Å². The van der Waals surface area contributed by atoms with Crippen LogP contribution in [0.3, 0.4) is 0 Å². The summed E-state index contributed by atoms with van der Waals surface area (Å²) in [4.78, 5) is 30.7. The lowest BCUT2D eigenvalue weighted by Gasteiger charge is -2.18. The van der Waals surface area contributed by atoms with Crippen LogP contribution in [0, 0.1) is 19.8 Å². The van der Waals surface area contributed by atoms with E-state index in [1.54, 1.807) is 19.2 Å². The highest BCUT2D eigenvalue weighted by molar-refractivity contribution is 6.28. The lowest BCUT2D eigenvalue weighted by atomic mass is 10.00. The van der Waals surface area contributed by atoms with Gasteiger partial charge in [-0.05, 0) is 62.2 Å². The first kappa shape index (κ1) is 24.2. The summed E-state index contributed by atoms with van der Waals surface area (Å²) in [6.45, 7) is 6.91. The number of pyridine rings is 1. The smallest absolute Gasteiger partial charge is 0.273 e. The van der Waals surface area contributed by atoms with Crippen molar-refractivity contribution < 1.29 is 18.4 Å². The number of halogens is 2. The summed E-state index contributed by atoms with van der Waals surface area (Å²) < 4.78 is 28.2. The molecule has 1 aliphatic rings. The second-order valence-corrected chi connectivity index (χ2v) is 8.62. The van der Waals surface area contributed by atoms with Gasteiger partial charge in [0.1, 0.15) is 0 Å². The molecule has 0 saturated heterocycles. The number of nitrogens with zero attached hydrogens (tertiary/aromatic N) is 3. The molecule has 1 aliphatic heterocycles. The topological polar surface area (TPSA) is 74.7 Å². The number of benzene rings is 2. The average molecular weight is 477 g/mol. The molecule has 0 fully saturated rings. The summed E-state index contributed by atoms with van der Waals surface area (Å²) in [5.41, 5.74) is 4.48. The van der Waals surface area contributed by atoms with Gasteiger partial charge in [0.15, 0.2) is 5.92 Å².